The minimum Gasteiger partial charge on any atom is -0.362 e. The van der Waals surface area contributed by atoms with Gasteiger partial charge in [0.2, 0.25) is 0 Å². The van der Waals surface area contributed by atoms with Crippen LogP contribution in [0, 0.1) is 13.8 Å². The number of nitrogens with one attached hydrogen (secondary N) is 2. The Morgan fingerprint density at radius 3 is 2.61 bits per heavy atom. The van der Waals surface area contributed by atoms with Crippen molar-refractivity contribution >= 4 is 46.4 Å². The van der Waals surface area contributed by atoms with E-state index in [0.29, 0.717) is 5.11 Å². The first kappa shape index (κ1) is 18.1. The molecule has 2 aromatic rings. The summed E-state index contributed by atoms with van der Waals surface area (Å²) in [6.45, 7) is 5.04. The van der Waals surface area contributed by atoms with Gasteiger partial charge in [-0.1, -0.05) is 35.9 Å². The lowest BCUT2D eigenvalue weighted by Gasteiger charge is -2.13. The highest BCUT2D eigenvalue weighted by molar-refractivity contribution is 7.98. The largest absolute Gasteiger partial charge is 0.362 e. The van der Waals surface area contributed by atoms with E-state index in [1.807, 2.05) is 36.0 Å². The summed E-state index contributed by atoms with van der Waals surface area (Å²) in [4.78, 5) is 0. The molecule has 0 atom stereocenters. The highest BCUT2D eigenvalue weighted by Crippen LogP contribution is 2.18. The second-order valence-electron chi connectivity index (χ2n) is 5.31. The number of halogens is 1. The summed E-state index contributed by atoms with van der Waals surface area (Å²) < 4.78 is 0. The van der Waals surface area contributed by atoms with Crippen LogP contribution < -0.4 is 10.6 Å². The fourth-order valence-electron chi connectivity index (χ4n) is 2.06. The van der Waals surface area contributed by atoms with Crippen LogP contribution in [0.1, 0.15) is 16.7 Å². The number of hydrogen-bond donors (Lipinski definition) is 2. The third-order valence-electron chi connectivity index (χ3n) is 3.57. The topological polar surface area (TPSA) is 24.1 Å². The van der Waals surface area contributed by atoms with E-state index < -0.39 is 0 Å². The molecule has 2 aromatic carbocycles. The van der Waals surface area contributed by atoms with Gasteiger partial charge < -0.3 is 10.6 Å². The van der Waals surface area contributed by atoms with E-state index in [-0.39, 0.29) is 0 Å². The van der Waals surface area contributed by atoms with E-state index in [1.165, 1.54) is 16.7 Å². The Morgan fingerprint density at radius 2 is 1.87 bits per heavy atom. The molecule has 0 aliphatic carbocycles. The number of hydrogen-bond acceptors (Lipinski definition) is 2. The Hall–Kier alpha value is -1.23. The quantitative estimate of drug-likeness (QED) is 0.545. The molecule has 0 bridgehead atoms. The van der Waals surface area contributed by atoms with E-state index in [0.717, 1.165) is 28.8 Å². The summed E-state index contributed by atoms with van der Waals surface area (Å²) in [7, 11) is 0. The molecule has 0 amide bonds. The molecule has 0 aliphatic rings. The van der Waals surface area contributed by atoms with Gasteiger partial charge in [0.25, 0.3) is 0 Å². The van der Waals surface area contributed by atoms with Gasteiger partial charge in [-0.3, -0.25) is 0 Å². The Morgan fingerprint density at radius 1 is 1.13 bits per heavy atom. The van der Waals surface area contributed by atoms with E-state index >= 15 is 0 Å². The van der Waals surface area contributed by atoms with Crippen molar-refractivity contribution in [3.63, 3.8) is 0 Å². The molecular formula is C18H21ClN2S2. The third kappa shape index (κ3) is 6.05. The van der Waals surface area contributed by atoms with Crippen molar-refractivity contribution in [1.82, 2.24) is 5.32 Å². The van der Waals surface area contributed by atoms with E-state index in [9.17, 15) is 0 Å². The zero-order chi connectivity index (χ0) is 16.7. The maximum absolute atomic E-state index is 5.88. The van der Waals surface area contributed by atoms with Crippen molar-refractivity contribution in [1.29, 1.82) is 0 Å². The van der Waals surface area contributed by atoms with Crippen LogP contribution in [-0.4, -0.2) is 17.4 Å². The molecule has 0 aromatic heterocycles. The molecule has 23 heavy (non-hydrogen) atoms. The molecule has 0 radical (unpaired) electrons. The maximum atomic E-state index is 5.88. The van der Waals surface area contributed by atoms with Gasteiger partial charge >= 0.3 is 0 Å². The Labute approximate surface area is 153 Å². The molecule has 0 saturated heterocycles. The first-order valence-electron chi connectivity index (χ1n) is 7.49. The van der Waals surface area contributed by atoms with Gasteiger partial charge in [-0.05, 0) is 61.0 Å². The molecule has 2 rings (SSSR count). The van der Waals surface area contributed by atoms with Gasteiger partial charge in [-0.15, -0.1) is 0 Å². The number of benzene rings is 2. The minimum absolute atomic E-state index is 0.672. The minimum atomic E-state index is 0.672. The fourth-order valence-corrected chi connectivity index (χ4v) is 3.22. The summed E-state index contributed by atoms with van der Waals surface area (Å²) in [6.07, 6.45) is 0. The molecule has 5 heteroatoms. The number of thiocarbonyl (C=S) groups is 1. The maximum Gasteiger partial charge on any atom is 0.170 e. The highest BCUT2D eigenvalue weighted by atomic mass is 35.5. The number of thioether (sulfide) groups is 1. The lowest BCUT2D eigenvalue weighted by Crippen LogP contribution is -2.30. The highest BCUT2D eigenvalue weighted by Gasteiger charge is 2.02. The normalized spacial score (nSPS) is 10.4. The molecule has 0 unspecified atom stereocenters. The second-order valence-corrected chi connectivity index (χ2v) is 7.26. The fraction of sp³-hybridized carbons (Fsp3) is 0.278. The van der Waals surface area contributed by atoms with Crippen molar-refractivity contribution in [3.05, 3.63) is 64.2 Å². The molecular weight excluding hydrogens is 344 g/mol. The van der Waals surface area contributed by atoms with E-state index in [1.54, 1.807) is 0 Å². The number of aryl methyl sites for hydroxylation is 1. The first-order valence-corrected chi connectivity index (χ1v) is 9.43. The smallest absolute Gasteiger partial charge is 0.170 e. The van der Waals surface area contributed by atoms with Crippen molar-refractivity contribution in [3.8, 4) is 0 Å². The lowest BCUT2D eigenvalue weighted by molar-refractivity contribution is 0.989. The van der Waals surface area contributed by atoms with Crippen LogP contribution in [0.25, 0.3) is 0 Å². The van der Waals surface area contributed by atoms with Crippen LogP contribution in [-0.2, 0) is 5.75 Å². The third-order valence-corrected chi connectivity index (χ3v) is 5.10. The Balaban J connectivity index is 1.67. The first-order chi connectivity index (χ1) is 11.1. The summed E-state index contributed by atoms with van der Waals surface area (Å²) in [6, 6.07) is 14.2. The molecule has 0 fully saturated rings. The second kappa shape index (κ2) is 9.16. The molecule has 0 heterocycles. The van der Waals surface area contributed by atoms with Crippen LogP contribution in [0.4, 0.5) is 5.69 Å². The average molecular weight is 365 g/mol. The summed E-state index contributed by atoms with van der Waals surface area (Å²) >= 11 is 13.1. The van der Waals surface area contributed by atoms with Gasteiger partial charge in [0.05, 0.1) is 0 Å². The van der Waals surface area contributed by atoms with Crippen LogP contribution >= 0.6 is 35.6 Å². The Bertz CT molecular complexity index is 657. The Kier molecular flexibility index (Phi) is 7.21. The van der Waals surface area contributed by atoms with Crippen molar-refractivity contribution in [2.24, 2.45) is 0 Å². The molecule has 0 saturated carbocycles. The summed E-state index contributed by atoms with van der Waals surface area (Å²) in [5.74, 6) is 1.98. The van der Waals surface area contributed by atoms with Crippen molar-refractivity contribution < 1.29 is 0 Å². The van der Waals surface area contributed by atoms with Gasteiger partial charge in [-0.2, -0.15) is 11.8 Å². The van der Waals surface area contributed by atoms with Gasteiger partial charge in [0, 0.05) is 28.8 Å². The van der Waals surface area contributed by atoms with Crippen LogP contribution in [0.15, 0.2) is 42.5 Å². The van der Waals surface area contributed by atoms with Gasteiger partial charge in [0.1, 0.15) is 0 Å². The zero-order valence-electron chi connectivity index (χ0n) is 13.4. The van der Waals surface area contributed by atoms with Crippen molar-refractivity contribution in [2.45, 2.75) is 19.6 Å². The van der Waals surface area contributed by atoms with Crippen LogP contribution in [0.5, 0.6) is 0 Å². The zero-order valence-corrected chi connectivity index (χ0v) is 15.7. The predicted octanol–water partition coefficient (Wildman–Crippen LogP) is 5.18. The molecule has 0 spiro atoms. The molecule has 122 valence electrons. The summed E-state index contributed by atoms with van der Waals surface area (Å²) in [5.41, 5.74) is 4.84. The van der Waals surface area contributed by atoms with Crippen molar-refractivity contribution in [2.75, 3.05) is 17.6 Å². The number of anilines is 1. The van der Waals surface area contributed by atoms with Gasteiger partial charge in [-0.25, -0.2) is 0 Å². The number of rotatable bonds is 6. The molecule has 2 N–H and O–H groups in total. The molecule has 0 aliphatic heterocycles. The van der Waals surface area contributed by atoms with E-state index in [4.69, 9.17) is 23.8 Å². The molecule has 2 nitrogen and oxygen atoms in total. The lowest BCUT2D eigenvalue weighted by atomic mass is 10.1. The SMILES string of the molecule is Cc1cccc(NC(=S)NCCSCc2ccc(Cl)cc2)c1C. The standard InChI is InChI=1S/C18H21ClN2S2/c1-13-4-3-5-17(14(13)2)21-18(22)20-10-11-23-12-15-6-8-16(19)9-7-15/h3-9H,10-12H2,1-2H3,(H2,20,21,22). The summed E-state index contributed by atoms with van der Waals surface area (Å²) in [5, 5.41) is 7.97. The predicted molar refractivity (Wildman–Crippen MR) is 108 cm³/mol. The van der Waals surface area contributed by atoms with Crippen LogP contribution in [0.2, 0.25) is 5.02 Å². The average Bonchev–Trinajstić information content (AvgIpc) is 2.53. The van der Waals surface area contributed by atoms with Gasteiger partial charge in [0.15, 0.2) is 5.11 Å². The monoisotopic (exact) mass is 364 g/mol. The van der Waals surface area contributed by atoms with Crippen LogP contribution in [0.3, 0.4) is 0 Å². The van der Waals surface area contributed by atoms with E-state index in [2.05, 4.69) is 42.7 Å².